The van der Waals surface area contributed by atoms with Gasteiger partial charge >= 0.3 is 0 Å². The molecule has 0 aliphatic heterocycles. The first-order chi connectivity index (χ1) is 9.10. The van der Waals surface area contributed by atoms with E-state index in [0.29, 0.717) is 11.8 Å². The second kappa shape index (κ2) is 6.17. The van der Waals surface area contributed by atoms with Crippen molar-refractivity contribution >= 4 is 15.9 Å². The van der Waals surface area contributed by atoms with E-state index in [9.17, 15) is 0 Å². The van der Waals surface area contributed by atoms with Gasteiger partial charge in [0, 0.05) is 16.7 Å². The summed E-state index contributed by atoms with van der Waals surface area (Å²) in [6, 6.07) is 9.50. The number of pyridine rings is 1. The summed E-state index contributed by atoms with van der Waals surface area (Å²) in [6.07, 6.45) is 1.61. The Morgan fingerprint density at radius 3 is 2.63 bits per heavy atom. The zero-order chi connectivity index (χ0) is 13.8. The van der Waals surface area contributed by atoms with Gasteiger partial charge in [0.15, 0.2) is 0 Å². The maximum atomic E-state index is 8.98. The quantitative estimate of drug-likeness (QED) is 0.915. The number of halogens is 1. The molecule has 1 N–H and O–H groups in total. The van der Waals surface area contributed by atoms with Gasteiger partial charge in [0.1, 0.15) is 5.75 Å². The first-order valence-electron chi connectivity index (χ1n) is 6.13. The molecule has 0 bridgehead atoms. The van der Waals surface area contributed by atoms with Gasteiger partial charge in [-0.05, 0) is 41.3 Å². The second-order valence-electron chi connectivity index (χ2n) is 4.60. The smallest absolute Gasteiger partial charge is 0.219 e. The normalized spacial score (nSPS) is 10.8. The van der Waals surface area contributed by atoms with Crippen molar-refractivity contribution in [3.8, 4) is 11.6 Å². The lowest BCUT2D eigenvalue weighted by Gasteiger charge is -2.13. The van der Waals surface area contributed by atoms with Crippen molar-refractivity contribution < 1.29 is 9.84 Å². The van der Waals surface area contributed by atoms with Crippen molar-refractivity contribution in [2.75, 3.05) is 0 Å². The molecule has 100 valence electrons. The average molecular weight is 322 g/mol. The summed E-state index contributed by atoms with van der Waals surface area (Å²) in [6.45, 7) is 4.23. The molecular weight excluding hydrogens is 306 g/mol. The number of aliphatic hydroxyl groups is 1. The Bertz CT molecular complexity index is 553. The van der Waals surface area contributed by atoms with Crippen LogP contribution in [-0.4, -0.2) is 10.1 Å². The molecule has 1 heterocycles. The Balaban J connectivity index is 2.26. The molecule has 3 nitrogen and oxygen atoms in total. The molecule has 0 amide bonds. The second-order valence-corrected chi connectivity index (χ2v) is 5.52. The van der Waals surface area contributed by atoms with E-state index in [1.165, 1.54) is 0 Å². The van der Waals surface area contributed by atoms with Crippen molar-refractivity contribution in [1.29, 1.82) is 0 Å². The summed E-state index contributed by atoms with van der Waals surface area (Å²) in [5.74, 6) is 1.70. The summed E-state index contributed by atoms with van der Waals surface area (Å²) < 4.78 is 6.85. The van der Waals surface area contributed by atoms with Crippen LogP contribution >= 0.6 is 15.9 Å². The van der Waals surface area contributed by atoms with Crippen LogP contribution in [0.5, 0.6) is 11.6 Å². The minimum atomic E-state index is -0.0111. The number of rotatable bonds is 4. The van der Waals surface area contributed by atoms with Crippen molar-refractivity contribution in [2.45, 2.75) is 26.4 Å². The van der Waals surface area contributed by atoms with Crippen LogP contribution in [0.2, 0.25) is 0 Å². The van der Waals surface area contributed by atoms with Gasteiger partial charge in [-0.15, -0.1) is 0 Å². The Labute approximate surface area is 121 Å². The van der Waals surface area contributed by atoms with Gasteiger partial charge in [-0.1, -0.05) is 29.8 Å². The minimum absolute atomic E-state index is 0.0111. The number of hydrogen-bond donors (Lipinski definition) is 1. The first kappa shape index (κ1) is 14.0. The van der Waals surface area contributed by atoms with Gasteiger partial charge in [-0.25, -0.2) is 4.98 Å². The summed E-state index contributed by atoms with van der Waals surface area (Å²) in [7, 11) is 0. The van der Waals surface area contributed by atoms with Crippen LogP contribution < -0.4 is 4.74 Å². The van der Waals surface area contributed by atoms with E-state index < -0.39 is 0 Å². The van der Waals surface area contributed by atoms with E-state index in [4.69, 9.17) is 9.84 Å². The van der Waals surface area contributed by atoms with E-state index in [1.807, 2.05) is 12.1 Å². The van der Waals surface area contributed by atoms with Gasteiger partial charge in [-0.2, -0.15) is 0 Å². The summed E-state index contributed by atoms with van der Waals surface area (Å²) in [5.41, 5.74) is 1.90. The molecule has 0 fully saturated rings. The number of aromatic nitrogens is 1. The molecule has 2 aromatic rings. The Kier molecular flexibility index (Phi) is 4.56. The third kappa shape index (κ3) is 3.55. The number of hydrogen-bond acceptors (Lipinski definition) is 3. The molecule has 0 radical (unpaired) electrons. The van der Waals surface area contributed by atoms with Crippen molar-refractivity contribution in [2.24, 2.45) is 0 Å². The Hall–Kier alpha value is -1.39. The monoisotopic (exact) mass is 321 g/mol. The molecule has 1 aromatic heterocycles. The first-order valence-corrected chi connectivity index (χ1v) is 6.92. The van der Waals surface area contributed by atoms with Crippen LogP contribution in [0.3, 0.4) is 0 Å². The maximum Gasteiger partial charge on any atom is 0.219 e. The molecule has 19 heavy (non-hydrogen) atoms. The zero-order valence-corrected chi connectivity index (χ0v) is 12.5. The van der Waals surface area contributed by atoms with Crippen LogP contribution in [-0.2, 0) is 6.61 Å². The summed E-state index contributed by atoms with van der Waals surface area (Å²) >= 11 is 3.47. The molecular formula is C15H16BrNO2. The minimum Gasteiger partial charge on any atom is -0.439 e. The van der Waals surface area contributed by atoms with E-state index in [1.54, 1.807) is 18.3 Å². The highest BCUT2D eigenvalue weighted by atomic mass is 79.9. The lowest BCUT2D eigenvalue weighted by molar-refractivity contribution is 0.281. The van der Waals surface area contributed by atoms with Crippen molar-refractivity contribution in [3.63, 3.8) is 0 Å². The average Bonchev–Trinajstić information content (AvgIpc) is 2.41. The largest absolute Gasteiger partial charge is 0.439 e. The number of benzene rings is 1. The van der Waals surface area contributed by atoms with Crippen LogP contribution in [0.25, 0.3) is 0 Å². The molecule has 0 unspecified atom stereocenters. The number of ether oxygens (including phenoxy) is 1. The Morgan fingerprint density at radius 2 is 2.05 bits per heavy atom. The maximum absolute atomic E-state index is 8.98. The van der Waals surface area contributed by atoms with Gasteiger partial charge < -0.3 is 9.84 Å². The van der Waals surface area contributed by atoms with Crippen LogP contribution in [0, 0.1) is 0 Å². The zero-order valence-electron chi connectivity index (χ0n) is 10.9. The van der Waals surface area contributed by atoms with Gasteiger partial charge in [0.05, 0.1) is 6.61 Å². The van der Waals surface area contributed by atoms with Crippen LogP contribution in [0.15, 0.2) is 41.0 Å². The van der Waals surface area contributed by atoms with E-state index >= 15 is 0 Å². The fraction of sp³-hybridized carbons (Fsp3) is 0.267. The molecule has 4 heteroatoms. The molecule has 0 saturated carbocycles. The molecule has 0 aliphatic rings. The van der Waals surface area contributed by atoms with Crippen molar-refractivity contribution in [3.05, 3.63) is 52.1 Å². The van der Waals surface area contributed by atoms with E-state index in [0.717, 1.165) is 21.3 Å². The summed E-state index contributed by atoms with van der Waals surface area (Å²) in [5, 5.41) is 8.98. The molecule has 0 atom stereocenters. The van der Waals surface area contributed by atoms with Crippen LogP contribution in [0.1, 0.15) is 30.9 Å². The lowest BCUT2D eigenvalue weighted by atomic mass is 10.0. The van der Waals surface area contributed by atoms with Gasteiger partial charge in [-0.3, -0.25) is 0 Å². The highest BCUT2D eigenvalue weighted by molar-refractivity contribution is 9.10. The van der Waals surface area contributed by atoms with Gasteiger partial charge in [0.2, 0.25) is 5.88 Å². The fourth-order valence-corrected chi connectivity index (χ4v) is 2.12. The molecule has 0 aliphatic carbocycles. The molecule has 2 rings (SSSR count). The van der Waals surface area contributed by atoms with Crippen molar-refractivity contribution in [1.82, 2.24) is 4.98 Å². The number of nitrogens with zero attached hydrogens (tertiary/aromatic N) is 1. The topological polar surface area (TPSA) is 42.4 Å². The summed E-state index contributed by atoms with van der Waals surface area (Å²) in [4.78, 5) is 4.17. The third-order valence-corrected chi connectivity index (χ3v) is 3.28. The predicted molar refractivity (Wildman–Crippen MR) is 78.5 cm³/mol. The van der Waals surface area contributed by atoms with E-state index in [2.05, 4.69) is 40.8 Å². The third-order valence-electron chi connectivity index (χ3n) is 2.79. The highest BCUT2D eigenvalue weighted by Gasteiger charge is 2.10. The standard InChI is InChI=1S/C15H16BrNO2/c1-10(2)13-7-12(16)4-5-14(13)19-15-6-3-11(9-18)8-17-15/h3-8,10,18H,9H2,1-2H3. The highest BCUT2D eigenvalue weighted by Crippen LogP contribution is 2.32. The SMILES string of the molecule is CC(C)c1cc(Br)ccc1Oc1ccc(CO)cn1. The van der Waals surface area contributed by atoms with E-state index in [-0.39, 0.29) is 6.61 Å². The lowest BCUT2D eigenvalue weighted by Crippen LogP contribution is -1.96. The molecule has 1 aromatic carbocycles. The molecule has 0 spiro atoms. The number of aliphatic hydroxyl groups excluding tert-OH is 1. The fourth-order valence-electron chi connectivity index (χ4n) is 1.74. The predicted octanol–water partition coefficient (Wildman–Crippen LogP) is 4.25. The van der Waals surface area contributed by atoms with Gasteiger partial charge in [0.25, 0.3) is 0 Å². The Morgan fingerprint density at radius 1 is 1.26 bits per heavy atom. The molecule has 0 saturated heterocycles. The van der Waals surface area contributed by atoms with Crippen LogP contribution in [0.4, 0.5) is 0 Å².